The van der Waals surface area contributed by atoms with Gasteiger partial charge >= 0.3 is 0 Å². The SMILES string of the molecule is CCCCC(CN)NC(=O)c1cc(F)cc2[nH]cnc12.Cl.Cl. The Hall–Kier alpha value is -1.37. The van der Waals surface area contributed by atoms with Gasteiger partial charge in [-0.1, -0.05) is 19.8 Å². The van der Waals surface area contributed by atoms with Crippen molar-refractivity contribution in [2.24, 2.45) is 5.73 Å². The molecule has 0 radical (unpaired) electrons. The number of halogens is 3. The monoisotopic (exact) mass is 350 g/mol. The molecular formula is C14H21Cl2FN4O. The number of H-pyrrole nitrogens is 1. The minimum Gasteiger partial charge on any atom is -0.348 e. The van der Waals surface area contributed by atoms with Gasteiger partial charge in [0.2, 0.25) is 0 Å². The van der Waals surface area contributed by atoms with E-state index in [0.29, 0.717) is 17.6 Å². The largest absolute Gasteiger partial charge is 0.348 e. The lowest BCUT2D eigenvalue weighted by Crippen LogP contribution is -2.40. The highest BCUT2D eigenvalue weighted by Crippen LogP contribution is 2.17. The predicted molar refractivity (Wildman–Crippen MR) is 90.4 cm³/mol. The van der Waals surface area contributed by atoms with E-state index in [1.54, 1.807) is 0 Å². The zero-order valence-corrected chi connectivity index (χ0v) is 13.9. The van der Waals surface area contributed by atoms with Gasteiger partial charge in [0, 0.05) is 12.6 Å². The van der Waals surface area contributed by atoms with E-state index in [2.05, 4.69) is 22.2 Å². The molecule has 0 aliphatic rings. The van der Waals surface area contributed by atoms with E-state index in [4.69, 9.17) is 5.73 Å². The van der Waals surface area contributed by atoms with Crippen LogP contribution in [-0.4, -0.2) is 28.5 Å². The summed E-state index contributed by atoms with van der Waals surface area (Å²) in [5, 5.41) is 2.84. The van der Waals surface area contributed by atoms with Crippen LogP contribution in [0.15, 0.2) is 18.5 Å². The number of carbonyl (C=O) groups excluding carboxylic acids is 1. The number of rotatable bonds is 6. The van der Waals surface area contributed by atoms with Crippen molar-refractivity contribution in [3.8, 4) is 0 Å². The number of amides is 1. The summed E-state index contributed by atoms with van der Waals surface area (Å²) < 4.78 is 13.5. The highest BCUT2D eigenvalue weighted by Gasteiger charge is 2.17. The first-order chi connectivity index (χ1) is 9.65. The molecule has 1 aromatic carbocycles. The van der Waals surface area contributed by atoms with E-state index >= 15 is 0 Å². The second-order valence-electron chi connectivity index (χ2n) is 4.80. The van der Waals surface area contributed by atoms with Crippen LogP contribution in [0.25, 0.3) is 11.0 Å². The molecule has 0 fully saturated rings. The first-order valence-electron chi connectivity index (χ1n) is 6.79. The molecule has 0 saturated heterocycles. The van der Waals surface area contributed by atoms with E-state index < -0.39 is 5.82 Å². The van der Waals surface area contributed by atoms with Gasteiger partial charge in [0.05, 0.1) is 17.4 Å². The molecule has 124 valence electrons. The Labute approximate surface area is 141 Å². The molecule has 0 aliphatic carbocycles. The summed E-state index contributed by atoms with van der Waals surface area (Å²) in [5.74, 6) is -0.807. The number of nitrogens with zero attached hydrogens (tertiary/aromatic N) is 1. The summed E-state index contributed by atoms with van der Waals surface area (Å²) >= 11 is 0. The van der Waals surface area contributed by atoms with Crippen molar-refractivity contribution in [2.75, 3.05) is 6.54 Å². The van der Waals surface area contributed by atoms with Gasteiger partial charge in [-0.05, 0) is 18.6 Å². The molecule has 0 saturated carbocycles. The molecule has 4 N–H and O–H groups in total. The minimum absolute atomic E-state index is 0. The Morgan fingerprint density at radius 1 is 1.45 bits per heavy atom. The van der Waals surface area contributed by atoms with Crippen molar-refractivity contribution in [3.05, 3.63) is 29.8 Å². The quantitative estimate of drug-likeness (QED) is 0.748. The smallest absolute Gasteiger partial charge is 0.253 e. The van der Waals surface area contributed by atoms with Crippen molar-refractivity contribution in [1.29, 1.82) is 0 Å². The lowest BCUT2D eigenvalue weighted by molar-refractivity contribution is 0.0937. The maximum Gasteiger partial charge on any atom is 0.253 e. The summed E-state index contributed by atoms with van der Waals surface area (Å²) in [5.41, 5.74) is 6.86. The normalized spacial score (nSPS) is 11.4. The number of aromatic nitrogens is 2. The Kier molecular flexibility index (Phi) is 9.01. The average molecular weight is 351 g/mol. The number of hydrogen-bond donors (Lipinski definition) is 3. The maximum absolute atomic E-state index is 13.5. The van der Waals surface area contributed by atoms with Crippen molar-refractivity contribution in [2.45, 2.75) is 32.2 Å². The number of carbonyl (C=O) groups is 1. The fourth-order valence-corrected chi connectivity index (χ4v) is 2.15. The molecule has 1 aromatic heterocycles. The number of hydrogen-bond acceptors (Lipinski definition) is 3. The van der Waals surface area contributed by atoms with Gasteiger partial charge in [0.15, 0.2) is 0 Å². The summed E-state index contributed by atoms with van der Waals surface area (Å²) in [6, 6.07) is 2.42. The van der Waals surface area contributed by atoms with E-state index in [0.717, 1.165) is 19.3 Å². The molecular weight excluding hydrogens is 330 g/mol. The second kappa shape index (κ2) is 9.61. The molecule has 1 unspecified atom stereocenters. The first-order valence-corrected chi connectivity index (χ1v) is 6.79. The molecule has 1 amide bonds. The Balaban J connectivity index is 0.00000220. The predicted octanol–water partition coefficient (Wildman–Crippen LogP) is 2.79. The van der Waals surface area contributed by atoms with Gasteiger partial charge in [-0.3, -0.25) is 4.79 Å². The second-order valence-corrected chi connectivity index (χ2v) is 4.80. The van der Waals surface area contributed by atoms with Crippen LogP contribution in [0.4, 0.5) is 4.39 Å². The molecule has 0 bridgehead atoms. The number of nitrogens with one attached hydrogen (secondary N) is 2. The van der Waals surface area contributed by atoms with Crippen LogP contribution in [0.2, 0.25) is 0 Å². The van der Waals surface area contributed by atoms with Crippen LogP contribution < -0.4 is 11.1 Å². The number of unbranched alkanes of at least 4 members (excludes halogenated alkanes) is 1. The zero-order chi connectivity index (χ0) is 14.5. The van der Waals surface area contributed by atoms with Gasteiger partial charge in [-0.15, -0.1) is 24.8 Å². The van der Waals surface area contributed by atoms with Crippen LogP contribution in [0, 0.1) is 5.82 Å². The molecule has 8 heteroatoms. The molecule has 1 atom stereocenters. The highest BCUT2D eigenvalue weighted by molar-refractivity contribution is 6.04. The topological polar surface area (TPSA) is 83.8 Å². The summed E-state index contributed by atoms with van der Waals surface area (Å²) in [6.45, 7) is 2.44. The van der Waals surface area contributed by atoms with Crippen molar-refractivity contribution >= 4 is 41.8 Å². The Morgan fingerprint density at radius 3 is 2.82 bits per heavy atom. The van der Waals surface area contributed by atoms with Crippen LogP contribution in [0.5, 0.6) is 0 Å². The van der Waals surface area contributed by atoms with Crippen molar-refractivity contribution in [1.82, 2.24) is 15.3 Å². The molecule has 0 aliphatic heterocycles. The zero-order valence-electron chi connectivity index (χ0n) is 12.3. The van der Waals surface area contributed by atoms with Gasteiger partial charge < -0.3 is 16.0 Å². The van der Waals surface area contributed by atoms with Gasteiger partial charge in [-0.25, -0.2) is 9.37 Å². The number of fused-ring (bicyclic) bond motifs is 1. The van der Waals surface area contributed by atoms with Gasteiger partial charge in [0.1, 0.15) is 11.3 Å². The van der Waals surface area contributed by atoms with Crippen molar-refractivity contribution in [3.63, 3.8) is 0 Å². The van der Waals surface area contributed by atoms with Crippen LogP contribution >= 0.6 is 24.8 Å². The third-order valence-corrected chi connectivity index (χ3v) is 3.26. The Bertz CT molecular complexity index is 606. The highest BCUT2D eigenvalue weighted by atomic mass is 35.5. The maximum atomic E-state index is 13.5. The Morgan fingerprint density at radius 2 is 2.18 bits per heavy atom. The van der Waals surface area contributed by atoms with Crippen molar-refractivity contribution < 1.29 is 9.18 Å². The molecule has 5 nitrogen and oxygen atoms in total. The lowest BCUT2D eigenvalue weighted by Gasteiger charge is -2.16. The van der Waals surface area contributed by atoms with E-state index in [1.807, 2.05) is 0 Å². The van der Waals surface area contributed by atoms with Gasteiger partial charge in [0.25, 0.3) is 5.91 Å². The lowest BCUT2D eigenvalue weighted by atomic mass is 10.1. The summed E-state index contributed by atoms with van der Waals surface area (Å²) in [4.78, 5) is 19.1. The summed E-state index contributed by atoms with van der Waals surface area (Å²) in [7, 11) is 0. The van der Waals surface area contributed by atoms with Crippen LogP contribution in [0.3, 0.4) is 0 Å². The standard InChI is InChI=1S/C14H19FN4O.2ClH/c1-2-3-4-10(7-16)19-14(20)11-5-9(15)6-12-13(11)18-8-17-12;;/h5-6,8,10H,2-4,7,16H2,1H3,(H,17,18)(H,19,20);2*1H. The van der Waals surface area contributed by atoms with Gasteiger partial charge in [-0.2, -0.15) is 0 Å². The molecule has 22 heavy (non-hydrogen) atoms. The fourth-order valence-electron chi connectivity index (χ4n) is 2.15. The summed E-state index contributed by atoms with van der Waals surface area (Å²) in [6.07, 6.45) is 4.29. The van der Waals surface area contributed by atoms with E-state index in [-0.39, 0.29) is 42.3 Å². The molecule has 0 spiro atoms. The van der Waals surface area contributed by atoms with Crippen LogP contribution in [-0.2, 0) is 0 Å². The molecule has 1 heterocycles. The van der Waals surface area contributed by atoms with E-state index in [1.165, 1.54) is 18.5 Å². The molecule has 2 aromatic rings. The number of nitrogens with two attached hydrogens (primary N) is 1. The average Bonchev–Trinajstić information content (AvgIpc) is 2.90. The number of aromatic amines is 1. The fraction of sp³-hybridized carbons (Fsp3) is 0.429. The minimum atomic E-state index is -0.468. The third kappa shape index (κ3) is 4.83. The first kappa shape index (κ1) is 20.6. The van der Waals surface area contributed by atoms with E-state index in [9.17, 15) is 9.18 Å². The third-order valence-electron chi connectivity index (χ3n) is 3.26. The van der Waals surface area contributed by atoms with Crippen LogP contribution in [0.1, 0.15) is 36.5 Å². The number of imidazole rings is 1. The number of benzene rings is 1. The molecule has 2 rings (SSSR count).